The van der Waals surface area contributed by atoms with Crippen molar-refractivity contribution in [1.82, 2.24) is 0 Å². The Labute approximate surface area is 152 Å². The van der Waals surface area contributed by atoms with Crippen molar-refractivity contribution in [3.8, 4) is 28.7 Å². The van der Waals surface area contributed by atoms with Gasteiger partial charge in [-0.05, 0) is 26.3 Å². The van der Waals surface area contributed by atoms with Crippen LogP contribution in [0.3, 0.4) is 0 Å². The molecule has 0 radical (unpaired) electrons. The Bertz CT molecular complexity index is 879. The van der Waals surface area contributed by atoms with E-state index < -0.39 is 0 Å². The molecular weight excluding hydrogens is 332 g/mol. The van der Waals surface area contributed by atoms with Crippen LogP contribution in [0.15, 0.2) is 35.9 Å². The highest BCUT2D eigenvalue weighted by Gasteiger charge is 2.44. The highest BCUT2D eigenvalue weighted by atomic mass is 16.5. The van der Waals surface area contributed by atoms with Crippen molar-refractivity contribution < 1.29 is 24.4 Å². The second kappa shape index (κ2) is 6.16. The normalized spacial score (nSPS) is 19.5. The number of hydrogen-bond donors (Lipinski definition) is 2. The molecule has 26 heavy (non-hydrogen) atoms. The highest BCUT2D eigenvalue weighted by Crippen LogP contribution is 2.56. The van der Waals surface area contributed by atoms with Crippen molar-refractivity contribution in [1.29, 1.82) is 0 Å². The molecule has 0 fully saturated rings. The average Bonchev–Trinajstić information content (AvgIpc) is 2.98. The monoisotopic (exact) mass is 354 g/mol. The minimum atomic E-state index is -0.267. The van der Waals surface area contributed by atoms with E-state index in [1.54, 1.807) is 25.3 Å². The van der Waals surface area contributed by atoms with Crippen molar-refractivity contribution in [3.63, 3.8) is 0 Å². The second-order valence-electron chi connectivity index (χ2n) is 6.98. The number of ether oxygens (including phenoxy) is 3. The van der Waals surface area contributed by atoms with Gasteiger partial charge in [-0.25, -0.2) is 0 Å². The van der Waals surface area contributed by atoms with Gasteiger partial charge in [0.05, 0.1) is 25.2 Å². The molecule has 2 aromatic carbocycles. The van der Waals surface area contributed by atoms with Crippen LogP contribution >= 0.6 is 0 Å². The van der Waals surface area contributed by atoms with E-state index in [9.17, 15) is 10.2 Å². The van der Waals surface area contributed by atoms with Gasteiger partial charge in [0.2, 0.25) is 0 Å². The number of methoxy groups -OCH3 is 1. The van der Waals surface area contributed by atoms with E-state index in [0.717, 1.165) is 22.4 Å². The molecule has 2 N–H and O–H groups in total. The predicted molar refractivity (Wildman–Crippen MR) is 97.5 cm³/mol. The van der Waals surface area contributed by atoms with Gasteiger partial charge >= 0.3 is 0 Å². The summed E-state index contributed by atoms with van der Waals surface area (Å²) in [5, 5.41) is 20.2. The predicted octanol–water partition coefficient (Wildman–Crippen LogP) is 4.22. The number of fused-ring (bicyclic) bond motifs is 5. The lowest BCUT2D eigenvalue weighted by molar-refractivity contribution is 0.134. The zero-order valence-electron chi connectivity index (χ0n) is 15.1. The number of benzene rings is 2. The second-order valence-corrected chi connectivity index (χ2v) is 6.98. The number of hydrogen-bond acceptors (Lipinski definition) is 5. The van der Waals surface area contributed by atoms with Crippen LogP contribution in [0.5, 0.6) is 28.7 Å². The van der Waals surface area contributed by atoms with Gasteiger partial charge in [0.15, 0.2) is 0 Å². The summed E-state index contributed by atoms with van der Waals surface area (Å²) in [5.41, 5.74) is 3.80. The molecule has 0 unspecified atom stereocenters. The van der Waals surface area contributed by atoms with Gasteiger partial charge in [0.25, 0.3) is 0 Å². The lowest BCUT2D eigenvalue weighted by Gasteiger charge is -2.29. The van der Waals surface area contributed by atoms with Crippen LogP contribution < -0.4 is 14.2 Å². The Hall–Kier alpha value is -2.82. The molecule has 2 aliphatic heterocycles. The molecule has 0 amide bonds. The van der Waals surface area contributed by atoms with Gasteiger partial charge in [-0.3, -0.25) is 0 Å². The third-order valence-corrected chi connectivity index (χ3v) is 5.00. The zero-order chi connectivity index (χ0) is 18.4. The van der Waals surface area contributed by atoms with Gasteiger partial charge in [-0.2, -0.15) is 0 Å². The van der Waals surface area contributed by atoms with Crippen molar-refractivity contribution in [2.45, 2.75) is 32.3 Å². The fourth-order valence-corrected chi connectivity index (χ4v) is 3.72. The van der Waals surface area contributed by atoms with Crippen LogP contribution in [0.1, 0.15) is 42.6 Å². The maximum atomic E-state index is 10.4. The first kappa shape index (κ1) is 16.6. The van der Waals surface area contributed by atoms with Crippen LogP contribution in [0.2, 0.25) is 0 Å². The molecule has 0 saturated carbocycles. The molecule has 0 bridgehead atoms. The third-order valence-electron chi connectivity index (χ3n) is 5.00. The number of phenolic OH excluding ortho intramolecular Hbond substituents is 2. The molecule has 0 saturated heterocycles. The lowest BCUT2D eigenvalue weighted by Crippen LogP contribution is -2.23. The molecule has 2 heterocycles. The standard InChI is InChI=1S/C21H22O5/c1-11(2)4-5-14-16(23)7-6-13-15-10-25-18-9-12(22)8-17(24-3)19(18)21(15)26-20(13)14/h4,6-9,15,21-23H,5,10H2,1-3H3/t15-,21+/m0/s1. The summed E-state index contributed by atoms with van der Waals surface area (Å²) in [4.78, 5) is 0. The molecule has 2 aromatic rings. The molecular formula is C21H22O5. The summed E-state index contributed by atoms with van der Waals surface area (Å²) in [6.45, 7) is 4.51. The first-order chi connectivity index (χ1) is 12.5. The lowest BCUT2D eigenvalue weighted by atomic mass is 9.88. The molecule has 2 atom stereocenters. The van der Waals surface area contributed by atoms with Gasteiger partial charge in [-0.1, -0.05) is 17.7 Å². The largest absolute Gasteiger partial charge is 0.508 e. The minimum Gasteiger partial charge on any atom is -0.508 e. The SMILES string of the molecule is COc1cc(O)cc2c1[C@@H]1Oc3c(ccc(O)c3CC=C(C)C)[C@@H]1CO2. The van der Waals surface area contributed by atoms with Crippen LogP contribution in [-0.4, -0.2) is 23.9 Å². The first-order valence-electron chi connectivity index (χ1n) is 8.68. The van der Waals surface area contributed by atoms with E-state index >= 15 is 0 Å². The Kier molecular flexibility index (Phi) is 3.94. The Morgan fingerprint density at radius 1 is 1.27 bits per heavy atom. The third kappa shape index (κ3) is 2.55. The summed E-state index contributed by atoms with van der Waals surface area (Å²) >= 11 is 0. The zero-order valence-corrected chi connectivity index (χ0v) is 15.1. The van der Waals surface area contributed by atoms with Gasteiger partial charge in [0, 0.05) is 23.3 Å². The number of aromatic hydroxyl groups is 2. The summed E-state index contributed by atoms with van der Waals surface area (Å²) < 4.78 is 17.7. The topological polar surface area (TPSA) is 68.2 Å². The van der Waals surface area contributed by atoms with Gasteiger partial charge < -0.3 is 24.4 Å². The Balaban J connectivity index is 1.81. The van der Waals surface area contributed by atoms with Crippen molar-refractivity contribution >= 4 is 0 Å². The molecule has 0 spiro atoms. The van der Waals surface area contributed by atoms with Crippen LogP contribution in [0.25, 0.3) is 0 Å². The molecule has 136 valence electrons. The van der Waals surface area contributed by atoms with Crippen molar-refractivity contribution in [2.24, 2.45) is 0 Å². The first-order valence-corrected chi connectivity index (χ1v) is 8.68. The quantitative estimate of drug-likeness (QED) is 0.808. The van der Waals surface area contributed by atoms with Crippen LogP contribution in [0.4, 0.5) is 0 Å². The number of rotatable bonds is 3. The summed E-state index contributed by atoms with van der Waals surface area (Å²) in [5.74, 6) is 2.18. The highest BCUT2D eigenvalue weighted by molar-refractivity contribution is 5.60. The summed E-state index contributed by atoms with van der Waals surface area (Å²) in [6, 6.07) is 6.78. The average molecular weight is 354 g/mol. The Morgan fingerprint density at radius 3 is 2.81 bits per heavy atom. The van der Waals surface area contributed by atoms with E-state index in [2.05, 4.69) is 6.08 Å². The minimum absolute atomic E-state index is 0.0157. The summed E-state index contributed by atoms with van der Waals surface area (Å²) in [7, 11) is 1.56. The van der Waals surface area contributed by atoms with Crippen LogP contribution in [-0.2, 0) is 6.42 Å². The number of phenols is 2. The van der Waals surface area contributed by atoms with E-state index in [0.29, 0.717) is 24.5 Å². The molecule has 4 rings (SSSR count). The fraction of sp³-hybridized carbons (Fsp3) is 0.333. The Morgan fingerprint density at radius 2 is 2.08 bits per heavy atom. The van der Waals surface area contributed by atoms with E-state index in [-0.39, 0.29) is 23.5 Å². The molecule has 0 aliphatic carbocycles. The molecule has 2 aliphatic rings. The maximum absolute atomic E-state index is 10.4. The smallest absolute Gasteiger partial charge is 0.141 e. The van der Waals surface area contributed by atoms with Crippen molar-refractivity contribution in [2.75, 3.05) is 13.7 Å². The fourth-order valence-electron chi connectivity index (χ4n) is 3.72. The van der Waals surface area contributed by atoms with E-state index in [1.165, 1.54) is 5.57 Å². The van der Waals surface area contributed by atoms with E-state index in [4.69, 9.17) is 14.2 Å². The maximum Gasteiger partial charge on any atom is 0.141 e. The molecule has 0 aromatic heterocycles. The van der Waals surface area contributed by atoms with Gasteiger partial charge in [-0.15, -0.1) is 0 Å². The van der Waals surface area contributed by atoms with Gasteiger partial charge in [0.1, 0.15) is 34.9 Å². The summed E-state index contributed by atoms with van der Waals surface area (Å²) in [6.07, 6.45) is 2.41. The molecule has 5 heteroatoms. The van der Waals surface area contributed by atoms with Crippen LogP contribution in [0, 0.1) is 0 Å². The van der Waals surface area contributed by atoms with E-state index in [1.807, 2.05) is 19.9 Å². The van der Waals surface area contributed by atoms with Crippen molar-refractivity contribution in [3.05, 3.63) is 52.6 Å². The molecule has 5 nitrogen and oxygen atoms in total. The number of allylic oxidation sites excluding steroid dienone is 2.